The number of nitrogens with zero attached hydrogens (tertiary/aromatic N) is 1. The summed E-state index contributed by atoms with van der Waals surface area (Å²) in [5.41, 5.74) is 7.61. The van der Waals surface area contributed by atoms with Gasteiger partial charge in [-0.25, -0.2) is 0 Å². The lowest BCUT2D eigenvalue weighted by Crippen LogP contribution is -2.40. The molecule has 0 radical (unpaired) electrons. The van der Waals surface area contributed by atoms with E-state index in [1.807, 2.05) is 0 Å². The van der Waals surface area contributed by atoms with Crippen molar-refractivity contribution in [3.8, 4) is 0 Å². The molecule has 2 heteroatoms. The number of likely N-dealkylation sites (N-methyl/N-ethyl adjacent to an activating group) is 1. The molecular formula is C13H26N2. The highest BCUT2D eigenvalue weighted by molar-refractivity contribution is 4.93. The fraction of sp³-hybridized carbons (Fsp3) is 0.846. The van der Waals surface area contributed by atoms with Crippen molar-refractivity contribution in [2.45, 2.75) is 39.5 Å². The van der Waals surface area contributed by atoms with Crippen LogP contribution in [0.25, 0.3) is 0 Å². The lowest BCUT2D eigenvalue weighted by molar-refractivity contribution is 0.109. The van der Waals surface area contributed by atoms with E-state index >= 15 is 0 Å². The SMILES string of the molecule is C=C(C)CN(CC)CCC1(CN)CCC1. The van der Waals surface area contributed by atoms with Gasteiger partial charge in [-0.15, -0.1) is 0 Å². The molecule has 0 saturated heterocycles. The lowest BCUT2D eigenvalue weighted by atomic mass is 9.66. The minimum atomic E-state index is 0.489. The fourth-order valence-corrected chi connectivity index (χ4v) is 2.36. The summed E-state index contributed by atoms with van der Waals surface area (Å²) in [5, 5.41) is 0. The van der Waals surface area contributed by atoms with Crippen LogP contribution < -0.4 is 5.73 Å². The zero-order valence-electron chi connectivity index (χ0n) is 10.4. The van der Waals surface area contributed by atoms with Crippen molar-refractivity contribution in [2.75, 3.05) is 26.2 Å². The Bertz CT molecular complexity index is 201. The molecule has 0 amide bonds. The van der Waals surface area contributed by atoms with Crippen LogP contribution in [0.4, 0.5) is 0 Å². The summed E-state index contributed by atoms with van der Waals surface area (Å²) in [6.45, 7) is 12.5. The molecule has 88 valence electrons. The van der Waals surface area contributed by atoms with Gasteiger partial charge in [0.15, 0.2) is 0 Å². The monoisotopic (exact) mass is 210 g/mol. The molecule has 1 saturated carbocycles. The van der Waals surface area contributed by atoms with Crippen molar-refractivity contribution in [3.05, 3.63) is 12.2 Å². The van der Waals surface area contributed by atoms with Crippen LogP contribution in [-0.4, -0.2) is 31.1 Å². The fourth-order valence-electron chi connectivity index (χ4n) is 2.36. The molecule has 2 N–H and O–H groups in total. The van der Waals surface area contributed by atoms with Gasteiger partial charge >= 0.3 is 0 Å². The van der Waals surface area contributed by atoms with E-state index in [1.165, 1.54) is 37.8 Å². The van der Waals surface area contributed by atoms with Crippen molar-refractivity contribution in [3.63, 3.8) is 0 Å². The molecule has 0 atom stereocenters. The topological polar surface area (TPSA) is 29.3 Å². The van der Waals surface area contributed by atoms with Crippen LogP contribution in [0.15, 0.2) is 12.2 Å². The van der Waals surface area contributed by atoms with Crippen molar-refractivity contribution >= 4 is 0 Å². The van der Waals surface area contributed by atoms with E-state index < -0.39 is 0 Å². The van der Waals surface area contributed by atoms with Crippen LogP contribution in [-0.2, 0) is 0 Å². The summed E-state index contributed by atoms with van der Waals surface area (Å²) in [4.78, 5) is 2.47. The predicted octanol–water partition coefficient (Wildman–Crippen LogP) is 2.40. The van der Waals surface area contributed by atoms with Crippen LogP contribution in [0.2, 0.25) is 0 Å². The second kappa shape index (κ2) is 5.66. The van der Waals surface area contributed by atoms with Gasteiger partial charge in [-0.05, 0) is 51.2 Å². The molecule has 0 unspecified atom stereocenters. The first kappa shape index (κ1) is 12.7. The number of rotatable bonds is 7. The second-order valence-electron chi connectivity index (χ2n) is 5.13. The van der Waals surface area contributed by atoms with Gasteiger partial charge < -0.3 is 5.73 Å². The molecule has 2 nitrogen and oxygen atoms in total. The van der Waals surface area contributed by atoms with E-state index in [1.54, 1.807) is 0 Å². The van der Waals surface area contributed by atoms with Crippen LogP contribution in [0.3, 0.4) is 0 Å². The van der Waals surface area contributed by atoms with Crippen molar-refractivity contribution in [1.82, 2.24) is 4.90 Å². The van der Waals surface area contributed by atoms with Gasteiger partial charge in [0, 0.05) is 6.54 Å². The molecule has 0 bridgehead atoms. The summed E-state index contributed by atoms with van der Waals surface area (Å²) < 4.78 is 0. The van der Waals surface area contributed by atoms with Gasteiger partial charge in [-0.1, -0.05) is 25.5 Å². The maximum atomic E-state index is 5.86. The molecule has 0 aliphatic heterocycles. The molecular weight excluding hydrogens is 184 g/mol. The summed E-state index contributed by atoms with van der Waals surface area (Å²) in [6.07, 6.45) is 5.33. The third-order valence-electron chi connectivity index (χ3n) is 3.75. The van der Waals surface area contributed by atoms with E-state index in [4.69, 9.17) is 5.73 Å². The Hall–Kier alpha value is -0.340. The van der Waals surface area contributed by atoms with Crippen LogP contribution in [0.5, 0.6) is 0 Å². The van der Waals surface area contributed by atoms with E-state index in [2.05, 4.69) is 25.3 Å². The van der Waals surface area contributed by atoms with Crippen molar-refractivity contribution in [1.29, 1.82) is 0 Å². The Morgan fingerprint density at radius 2 is 2.13 bits per heavy atom. The van der Waals surface area contributed by atoms with Gasteiger partial charge in [-0.2, -0.15) is 0 Å². The molecule has 15 heavy (non-hydrogen) atoms. The predicted molar refractivity (Wildman–Crippen MR) is 66.9 cm³/mol. The molecule has 0 aromatic heterocycles. The first-order valence-electron chi connectivity index (χ1n) is 6.19. The third-order valence-corrected chi connectivity index (χ3v) is 3.75. The number of hydrogen-bond acceptors (Lipinski definition) is 2. The second-order valence-corrected chi connectivity index (χ2v) is 5.13. The third kappa shape index (κ3) is 3.62. The maximum absolute atomic E-state index is 5.86. The molecule has 0 aromatic rings. The largest absolute Gasteiger partial charge is 0.330 e. The molecule has 0 heterocycles. The Balaban J connectivity index is 2.29. The normalized spacial score (nSPS) is 18.9. The van der Waals surface area contributed by atoms with E-state index in [0.29, 0.717) is 5.41 Å². The van der Waals surface area contributed by atoms with Gasteiger partial charge in [0.05, 0.1) is 0 Å². The Kier molecular flexibility index (Phi) is 4.81. The first-order chi connectivity index (χ1) is 7.12. The van der Waals surface area contributed by atoms with Crippen LogP contribution in [0.1, 0.15) is 39.5 Å². The molecule has 0 spiro atoms. The van der Waals surface area contributed by atoms with Gasteiger partial charge in [0.1, 0.15) is 0 Å². The van der Waals surface area contributed by atoms with Crippen molar-refractivity contribution in [2.24, 2.45) is 11.1 Å². The van der Waals surface area contributed by atoms with Crippen LogP contribution in [0, 0.1) is 5.41 Å². The summed E-state index contributed by atoms with van der Waals surface area (Å²) in [6, 6.07) is 0. The molecule has 1 aliphatic carbocycles. The first-order valence-corrected chi connectivity index (χ1v) is 6.19. The maximum Gasteiger partial charge on any atom is 0.0187 e. The van der Waals surface area contributed by atoms with E-state index in [9.17, 15) is 0 Å². The van der Waals surface area contributed by atoms with Gasteiger partial charge in [0.2, 0.25) is 0 Å². The summed E-state index contributed by atoms with van der Waals surface area (Å²) in [7, 11) is 0. The van der Waals surface area contributed by atoms with Gasteiger partial charge in [0.25, 0.3) is 0 Å². The zero-order chi connectivity index (χ0) is 11.3. The number of hydrogen-bond donors (Lipinski definition) is 1. The molecule has 1 fully saturated rings. The smallest absolute Gasteiger partial charge is 0.0187 e. The quantitative estimate of drug-likeness (QED) is 0.654. The van der Waals surface area contributed by atoms with E-state index in [0.717, 1.165) is 19.6 Å². The highest BCUT2D eigenvalue weighted by Gasteiger charge is 2.35. The van der Waals surface area contributed by atoms with Gasteiger partial charge in [-0.3, -0.25) is 4.90 Å². The Labute approximate surface area is 94.5 Å². The molecule has 1 rings (SSSR count). The zero-order valence-corrected chi connectivity index (χ0v) is 10.4. The minimum absolute atomic E-state index is 0.489. The standard InChI is InChI=1S/C13H26N2/c1-4-15(10-12(2)3)9-8-13(11-14)6-5-7-13/h2,4-11,14H2,1,3H3. The minimum Gasteiger partial charge on any atom is -0.330 e. The summed E-state index contributed by atoms with van der Waals surface area (Å²) >= 11 is 0. The summed E-state index contributed by atoms with van der Waals surface area (Å²) in [5.74, 6) is 0. The highest BCUT2D eigenvalue weighted by atomic mass is 15.1. The lowest BCUT2D eigenvalue weighted by Gasteiger charge is -2.42. The average molecular weight is 210 g/mol. The van der Waals surface area contributed by atoms with Crippen molar-refractivity contribution < 1.29 is 0 Å². The Morgan fingerprint density at radius 1 is 1.47 bits per heavy atom. The Morgan fingerprint density at radius 3 is 2.47 bits per heavy atom. The number of nitrogens with two attached hydrogens (primary N) is 1. The van der Waals surface area contributed by atoms with E-state index in [-0.39, 0.29) is 0 Å². The highest BCUT2D eigenvalue weighted by Crippen LogP contribution is 2.42. The van der Waals surface area contributed by atoms with Crippen LogP contribution >= 0.6 is 0 Å². The average Bonchev–Trinajstić information content (AvgIpc) is 2.14. The molecule has 1 aliphatic rings. The molecule has 0 aromatic carbocycles.